The first kappa shape index (κ1) is 35.3. The molecule has 1 heterocycles. The molecule has 0 fully saturated rings. The van der Waals surface area contributed by atoms with E-state index in [1.165, 1.54) is 87.9 Å². The van der Waals surface area contributed by atoms with Crippen LogP contribution < -0.4 is 4.90 Å². The Kier molecular flexibility index (Phi) is 7.92. The van der Waals surface area contributed by atoms with Crippen molar-refractivity contribution in [2.45, 2.75) is 19.3 Å². The number of nitrogens with zero attached hydrogens (tertiary/aromatic N) is 2. The van der Waals surface area contributed by atoms with Crippen LogP contribution in [0, 0.1) is 0 Å². The van der Waals surface area contributed by atoms with Gasteiger partial charge < -0.3 is 9.47 Å². The van der Waals surface area contributed by atoms with Gasteiger partial charge >= 0.3 is 0 Å². The zero-order chi connectivity index (χ0) is 40.7. The summed E-state index contributed by atoms with van der Waals surface area (Å²) in [5.41, 5.74) is 17.1. The molecular formula is C59H42N2. The van der Waals surface area contributed by atoms with E-state index in [4.69, 9.17) is 0 Å². The van der Waals surface area contributed by atoms with Crippen LogP contribution >= 0.6 is 0 Å². The molecule has 1 aliphatic rings. The van der Waals surface area contributed by atoms with Crippen molar-refractivity contribution in [3.05, 3.63) is 230 Å². The quantitative estimate of drug-likeness (QED) is 0.153. The highest BCUT2D eigenvalue weighted by atomic mass is 15.1. The van der Waals surface area contributed by atoms with Gasteiger partial charge in [-0.3, -0.25) is 0 Å². The summed E-state index contributed by atoms with van der Waals surface area (Å²) in [6.07, 6.45) is 0. The fraction of sp³-hybridized carbons (Fsp3) is 0.0508. The third kappa shape index (κ3) is 5.42. The van der Waals surface area contributed by atoms with E-state index in [1.807, 2.05) is 0 Å². The van der Waals surface area contributed by atoms with Crippen molar-refractivity contribution in [1.82, 2.24) is 4.57 Å². The van der Waals surface area contributed by atoms with E-state index in [-0.39, 0.29) is 5.41 Å². The Hall–Kier alpha value is -7.68. The number of benzene rings is 10. The number of para-hydroxylation sites is 3. The molecule has 11 aromatic rings. The molecule has 0 saturated carbocycles. The lowest BCUT2D eigenvalue weighted by Gasteiger charge is -2.28. The van der Waals surface area contributed by atoms with Crippen LogP contribution in [0.4, 0.5) is 17.1 Å². The average Bonchev–Trinajstić information content (AvgIpc) is 3.77. The van der Waals surface area contributed by atoms with Crippen LogP contribution in [0.2, 0.25) is 0 Å². The van der Waals surface area contributed by atoms with Crippen molar-refractivity contribution in [3.8, 4) is 39.1 Å². The summed E-state index contributed by atoms with van der Waals surface area (Å²) in [5.74, 6) is 0. The standard InChI is InChI=1S/C59H42N2/c1-59(2)53-37-40(58-51-25-11-9-23-49(51)57(39-17-5-3-6-18-39)50-24-10-12-26-52(50)58)29-35-45(53)46-36-34-44(38-54(46)59)60(41-19-7-4-8-20-41)42-30-32-43(33-31-42)61-55-27-15-13-21-47(55)48-22-14-16-28-56(48)61/h3-38H,1-2H3. The first-order valence-corrected chi connectivity index (χ1v) is 21.3. The molecule has 10 aromatic carbocycles. The lowest BCUT2D eigenvalue weighted by molar-refractivity contribution is 0.660. The Morgan fingerprint density at radius 1 is 0.344 bits per heavy atom. The van der Waals surface area contributed by atoms with Gasteiger partial charge in [-0.15, -0.1) is 0 Å². The molecular weight excluding hydrogens is 737 g/mol. The second-order valence-corrected chi connectivity index (χ2v) is 16.9. The Morgan fingerprint density at radius 3 is 1.34 bits per heavy atom. The van der Waals surface area contributed by atoms with Crippen molar-refractivity contribution in [2.75, 3.05) is 4.90 Å². The maximum Gasteiger partial charge on any atom is 0.0541 e. The second kappa shape index (κ2) is 13.7. The third-order valence-corrected chi connectivity index (χ3v) is 13.2. The predicted octanol–water partition coefficient (Wildman–Crippen LogP) is 16.2. The van der Waals surface area contributed by atoms with Crippen LogP contribution in [0.15, 0.2) is 218 Å². The summed E-state index contributed by atoms with van der Waals surface area (Å²) in [6, 6.07) is 80.2. The van der Waals surface area contributed by atoms with Gasteiger partial charge in [0.1, 0.15) is 0 Å². The summed E-state index contributed by atoms with van der Waals surface area (Å²) in [5, 5.41) is 7.64. The molecule has 1 aromatic heterocycles. The van der Waals surface area contributed by atoms with Crippen molar-refractivity contribution < 1.29 is 0 Å². The van der Waals surface area contributed by atoms with Crippen LogP contribution in [0.1, 0.15) is 25.0 Å². The first-order valence-electron chi connectivity index (χ1n) is 21.3. The number of rotatable bonds is 6. The van der Waals surface area contributed by atoms with Crippen molar-refractivity contribution in [2.24, 2.45) is 0 Å². The van der Waals surface area contributed by atoms with E-state index in [2.05, 4.69) is 242 Å². The smallest absolute Gasteiger partial charge is 0.0541 e. The summed E-state index contributed by atoms with van der Waals surface area (Å²) >= 11 is 0. The minimum absolute atomic E-state index is 0.227. The summed E-state index contributed by atoms with van der Waals surface area (Å²) in [6.45, 7) is 4.79. The predicted molar refractivity (Wildman–Crippen MR) is 259 cm³/mol. The molecule has 0 unspecified atom stereocenters. The molecule has 2 heteroatoms. The minimum atomic E-state index is -0.227. The number of aromatic nitrogens is 1. The van der Waals surface area contributed by atoms with E-state index >= 15 is 0 Å². The van der Waals surface area contributed by atoms with Crippen LogP contribution in [0.25, 0.3) is 82.4 Å². The van der Waals surface area contributed by atoms with E-state index in [1.54, 1.807) is 0 Å². The average molecular weight is 779 g/mol. The highest BCUT2D eigenvalue weighted by Crippen LogP contribution is 2.53. The molecule has 0 aliphatic heterocycles. The van der Waals surface area contributed by atoms with Crippen LogP contribution in [0.5, 0.6) is 0 Å². The van der Waals surface area contributed by atoms with Gasteiger partial charge in [-0.2, -0.15) is 0 Å². The van der Waals surface area contributed by atoms with Gasteiger partial charge in [-0.25, -0.2) is 0 Å². The lowest BCUT2D eigenvalue weighted by Crippen LogP contribution is -2.16. The summed E-state index contributed by atoms with van der Waals surface area (Å²) in [7, 11) is 0. The second-order valence-electron chi connectivity index (χ2n) is 16.9. The van der Waals surface area contributed by atoms with Gasteiger partial charge in [0.05, 0.1) is 11.0 Å². The van der Waals surface area contributed by atoms with Crippen LogP contribution in [0.3, 0.4) is 0 Å². The van der Waals surface area contributed by atoms with Gasteiger partial charge in [0.15, 0.2) is 0 Å². The number of hydrogen-bond acceptors (Lipinski definition) is 1. The third-order valence-electron chi connectivity index (χ3n) is 13.2. The van der Waals surface area contributed by atoms with Crippen molar-refractivity contribution in [3.63, 3.8) is 0 Å². The Morgan fingerprint density at radius 2 is 0.770 bits per heavy atom. The first-order chi connectivity index (χ1) is 30.0. The Balaban J connectivity index is 0.969. The molecule has 61 heavy (non-hydrogen) atoms. The molecule has 0 radical (unpaired) electrons. The van der Waals surface area contributed by atoms with Crippen molar-refractivity contribution >= 4 is 60.4 Å². The number of anilines is 3. The van der Waals surface area contributed by atoms with E-state index in [9.17, 15) is 0 Å². The molecule has 0 bridgehead atoms. The van der Waals surface area contributed by atoms with E-state index in [0.717, 1.165) is 22.7 Å². The molecule has 288 valence electrons. The Labute approximate surface area is 356 Å². The van der Waals surface area contributed by atoms with Crippen LogP contribution in [-0.2, 0) is 5.41 Å². The normalized spacial score (nSPS) is 12.9. The maximum atomic E-state index is 2.48. The van der Waals surface area contributed by atoms with Gasteiger partial charge in [0.2, 0.25) is 0 Å². The minimum Gasteiger partial charge on any atom is -0.310 e. The SMILES string of the molecule is CC1(C)c2cc(-c3c4ccccc4c(-c4ccccc4)c4ccccc34)ccc2-c2ccc(N(c3ccccc3)c3ccc(-n4c5ccccc5c5ccccc54)cc3)cc21. The number of fused-ring (bicyclic) bond motifs is 8. The fourth-order valence-corrected chi connectivity index (χ4v) is 10.4. The van der Waals surface area contributed by atoms with Gasteiger partial charge in [-0.05, 0) is 133 Å². The maximum absolute atomic E-state index is 2.48. The molecule has 0 N–H and O–H groups in total. The summed E-state index contributed by atoms with van der Waals surface area (Å²) < 4.78 is 2.38. The lowest BCUT2D eigenvalue weighted by atomic mass is 9.80. The van der Waals surface area contributed by atoms with Crippen molar-refractivity contribution in [1.29, 1.82) is 0 Å². The van der Waals surface area contributed by atoms with E-state index in [0.29, 0.717) is 0 Å². The largest absolute Gasteiger partial charge is 0.310 e. The Bertz CT molecular complexity index is 3370. The topological polar surface area (TPSA) is 8.17 Å². The zero-order valence-electron chi connectivity index (χ0n) is 34.2. The monoisotopic (exact) mass is 778 g/mol. The van der Waals surface area contributed by atoms with Gasteiger partial charge in [0.25, 0.3) is 0 Å². The number of hydrogen-bond donors (Lipinski definition) is 0. The summed E-state index contributed by atoms with van der Waals surface area (Å²) in [4.78, 5) is 2.40. The molecule has 0 atom stereocenters. The molecule has 12 rings (SSSR count). The highest BCUT2D eigenvalue weighted by Gasteiger charge is 2.36. The van der Waals surface area contributed by atoms with E-state index < -0.39 is 0 Å². The highest BCUT2D eigenvalue weighted by molar-refractivity contribution is 6.21. The molecule has 0 saturated heterocycles. The molecule has 2 nitrogen and oxygen atoms in total. The molecule has 1 aliphatic carbocycles. The fourth-order valence-electron chi connectivity index (χ4n) is 10.4. The molecule has 0 amide bonds. The molecule has 0 spiro atoms. The van der Waals surface area contributed by atoms with Gasteiger partial charge in [0, 0.05) is 38.9 Å². The van der Waals surface area contributed by atoms with Gasteiger partial charge in [-0.1, -0.05) is 166 Å². The zero-order valence-corrected chi connectivity index (χ0v) is 34.2. The van der Waals surface area contributed by atoms with Crippen LogP contribution in [-0.4, -0.2) is 4.57 Å².